The molecule has 4 nitrogen and oxygen atoms in total. The Hall–Kier alpha value is -0.320. The minimum atomic E-state index is -0.347. The molecule has 0 aromatic heterocycles. The van der Waals surface area contributed by atoms with Crippen LogP contribution in [-0.4, -0.2) is 37.8 Å². The van der Waals surface area contributed by atoms with Crippen molar-refractivity contribution in [1.82, 2.24) is 5.32 Å². The number of amides is 1. The number of ether oxygens (including phenoxy) is 2. The van der Waals surface area contributed by atoms with Crippen molar-refractivity contribution in [3.63, 3.8) is 0 Å². The van der Waals surface area contributed by atoms with Gasteiger partial charge in [0.05, 0.1) is 6.54 Å². The van der Waals surface area contributed by atoms with E-state index in [4.69, 9.17) is 21.1 Å². The Morgan fingerprint density at radius 3 is 2.40 bits per heavy atom. The fraction of sp³-hybridized carbons (Fsp3) is 0.900. The molecule has 0 saturated heterocycles. The summed E-state index contributed by atoms with van der Waals surface area (Å²) in [6.45, 7) is 5.32. The van der Waals surface area contributed by atoms with E-state index in [0.717, 1.165) is 0 Å². The molecule has 5 heteroatoms. The average molecular weight is 238 g/mol. The van der Waals surface area contributed by atoms with Gasteiger partial charge in [0.1, 0.15) is 0 Å². The molecule has 0 aliphatic rings. The zero-order chi connectivity index (χ0) is 11.5. The van der Waals surface area contributed by atoms with Crippen molar-refractivity contribution in [2.45, 2.75) is 33.0 Å². The van der Waals surface area contributed by atoms with Crippen LogP contribution in [0.3, 0.4) is 0 Å². The lowest BCUT2D eigenvalue weighted by atomic mass is 10.3. The first-order valence-electron chi connectivity index (χ1n) is 5.30. The number of rotatable bonds is 9. The van der Waals surface area contributed by atoms with Crippen molar-refractivity contribution >= 4 is 17.5 Å². The Morgan fingerprint density at radius 1 is 1.33 bits per heavy atom. The van der Waals surface area contributed by atoms with Crippen LogP contribution in [0.15, 0.2) is 0 Å². The van der Waals surface area contributed by atoms with Gasteiger partial charge in [0.15, 0.2) is 6.29 Å². The summed E-state index contributed by atoms with van der Waals surface area (Å²) in [5.74, 6) is 0.494. The van der Waals surface area contributed by atoms with Gasteiger partial charge in [-0.1, -0.05) is 0 Å². The van der Waals surface area contributed by atoms with Crippen molar-refractivity contribution in [1.29, 1.82) is 0 Å². The Kier molecular flexibility index (Phi) is 9.99. The summed E-state index contributed by atoms with van der Waals surface area (Å²) in [6, 6.07) is 0. The first-order chi connectivity index (χ1) is 7.24. The number of carbonyl (C=O) groups is 1. The number of nitrogens with one attached hydrogen (secondary N) is 1. The molecule has 1 amide bonds. The highest BCUT2D eigenvalue weighted by molar-refractivity contribution is 6.17. The molecule has 0 unspecified atom stereocenters. The van der Waals surface area contributed by atoms with Crippen LogP contribution in [0.1, 0.15) is 26.7 Å². The maximum Gasteiger partial charge on any atom is 0.220 e. The summed E-state index contributed by atoms with van der Waals surface area (Å²) < 4.78 is 10.5. The standard InChI is InChI=1S/C10H20ClNO3/c1-3-14-10(15-4-2)8-12-9(13)6-5-7-11/h10H,3-8H2,1-2H3,(H,12,13). The Balaban J connectivity index is 3.62. The number of halogens is 1. The third-order valence-corrected chi connectivity index (χ3v) is 1.98. The number of carbonyl (C=O) groups excluding carboxylic acids is 1. The third kappa shape index (κ3) is 8.66. The molecule has 0 heterocycles. The summed E-state index contributed by atoms with van der Waals surface area (Å²) in [7, 11) is 0. The van der Waals surface area contributed by atoms with Gasteiger partial charge in [-0.2, -0.15) is 0 Å². The summed E-state index contributed by atoms with van der Waals surface area (Å²) in [6.07, 6.45) is 0.801. The number of hydrogen-bond acceptors (Lipinski definition) is 3. The molecule has 90 valence electrons. The average Bonchev–Trinajstić information content (AvgIpc) is 2.23. The van der Waals surface area contributed by atoms with Crippen LogP contribution in [0.2, 0.25) is 0 Å². The van der Waals surface area contributed by atoms with Crippen LogP contribution < -0.4 is 5.32 Å². The fourth-order valence-electron chi connectivity index (χ4n) is 1.05. The van der Waals surface area contributed by atoms with E-state index in [1.54, 1.807) is 0 Å². The van der Waals surface area contributed by atoms with Gasteiger partial charge >= 0.3 is 0 Å². The maximum atomic E-state index is 11.2. The monoisotopic (exact) mass is 237 g/mol. The second-order valence-corrected chi connectivity index (χ2v) is 3.31. The minimum absolute atomic E-state index is 0.0138. The van der Waals surface area contributed by atoms with Gasteiger partial charge in [0.25, 0.3) is 0 Å². The molecule has 0 radical (unpaired) electrons. The summed E-state index contributed by atoms with van der Waals surface area (Å²) in [4.78, 5) is 11.2. The molecule has 0 saturated carbocycles. The minimum Gasteiger partial charge on any atom is -0.351 e. The van der Waals surface area contributed by atoms with E-state index >= 15 is 0 Å². The van der Waals surface area contributed by atoms with Crippen molar-refractivity contribution in [3.8, 4) is 0 Å². The smallest absolute Gasteiger partial charge is 0.220 e. The molecular formula is C10H20ClNO3. The van der Waals surface area contributed by atoms with Crippen LogP contribution in [-0.2, 0) is 14.3 Å². The highest BCUT2D eigenvalue weighted by Crippen LogP contribution is 1.95. The van der Waals surface area contributed by atoms with Gasteiger partial charge in [-0.15, -0.1) is 11.6 Å². The van der Waals surface area contributed by atoms with E-state index < -0.39 is 0 Å². The molecule has 0 spiro atoms. The topological polar surface area (TPSA) is 47.6 Å². The lowest BCUT2D eigenvalue weighted by Crippen LogP contribution is -2.35. The highest BCUT2D eigenvalue weighted by Gasteiger charge is 2.09. The molecule has 1 N–H and O–H groups in total. The molecule has 0 rings (SSSR count). The van der Waals surface area contributed by atoms with Gasteiger partial charge in [-0.3, -0.25) is 4.79 Å². The van der Waals surface area contributed by atoms with Crippen LogP contribution in [0.25, 0.3) is 0 Å². The van der Waals surface area contributed by atoms with Gasteiger partial charge in [-0.25, -0.2) is 0 Å². The van der Waals surface area contributed by atoms with Gasteiger partial charge in [0, 0.05) is 25.5 Å². The van der Waals surface area contributed by atoms with Crippen LogP contribution in [0.5, 0.6) is 0 Å². The predicted octanol–water partition coefficient (Wildman–Crippen LogP) is 1.52. The van der Waals surface area contributed by atoms with Crippen LogP contribution in [0.4, 0.5) is 0 Å². The normalized spacial score (nSPS) is 10.7. The molecule has 15 heavy (non-hydrogen) atoms. The lowest BCUT2D eigenvalue weighted by Gasteiger charge is -2.17. The SMILES string of the molecule is CCOC(CNC(=O)CCCCl)OCC. The van der Waals surface area contributed by atoms with E-state index in [9.17, 15) is 4.79 Å². The highest BCUT2D eigenvalue weighted by atomic mass is 35.5. The second kappa shape index (κ2) is 10.2. The second-order valence-electron chi connectivity index (χ2n) is 2.94. The quantitative estimate of drug-likeness (QED) is 0.489. The lowest BCUT2D eigenvalue weighted by molar-refractivity contribution is -0.140. The fourth-order valence-corrected chi connectivity index (χ4v) is 1.18. The molecule has 0 fully saturated rings. The molecule has 0 bridgehead atoms. The summed E-state index contributed by atoms with van der Waals surface area (Å²) >= 11 is 5.48. The molecule has 0 aromatic carbocycles. The number of hydrogen-bond donors (Lipinski definition) is 1. The van der Waals surface area contributed by atoms with Gasteiger partial charge in [0.2, 0.25) is 5.91 Å². The summed E-state index contributed by atoms with van der Waals surface area (Å²) in [5.41, 5.74) is 0. The zero-order valence-corrected chi connectivity index (χ0v) is 10.2. The van der Waals surface area contributed by atoms with E-state index in [2.05, 4.69) is 5.32 Å². The Morgan fingerprint density at radius 2 is 1.93 bits per heavy atom. The van der Waals surface area contributed by atoms with E-state index in [1.165, 1.54) is 0 Å². The van der Waals surface area contributed by atoms with Crippen LogP contribution >= 0.6 is 11.6 Å². The molecule has 0 aromatic rings. The first kappa shape index (κ1) is 14.7. The largest absolute Gasteiger partial charge is 0.351 e. The van der Waals surface area contributed by atoms with E-state index in [0.29, 0.717) is 38.5 Å². The summed E-state index contributed by atoms with van der Waals surface area (Å²) in [5, 5.41) is 2.74. The van der Waals surface area contributed by atoms with E-state index in [1.807, 2.05) is 13.8 Å². The van der Waals surface area contributed by atoms with Crippen molar-refractivity contribution in [2.75, 3.05) is 25.6 Å². The van der Waals surface area contributed by atoms with Gasteiger partial charge < -0.3 is 14.8 Å². The first-order valence-corrected chi connectivity index (χ1v) is 5.83. The van der Waals surface area contributed by atoms with E-state index in [-0.39, 0.29) is 12.2 Å². The van der Waals surface area contributed by atoms with Crippen molar-refractivity contribution in [2.24, 2.45) is 0 Å². The molecule has 0 atom stereocenters. The third-order valence-electron chi connectivity index (χ3n) is 1.71. The van der Waals surface area contributed by atoms with Gasteiger partial charge in [-0.05, 0) is 20.3 Å². The Labute approximate surface area is 96.3 Å². The molecule has 0 aliphatic heterocycles. The predicted molar refractivity (Wildman–Crippen MR) is 60.0 cm³/mol. The molecule has 0 aliphatic carbocycles. The number of alkyl halides is 1. The van der Waals surface area contributed by atoms with Crippen molar-refractivity contribution in [3.05, 3.63) is 0 Å². The maximum absolute atomic E-state index is 11.2. The van der Waals surface area contributed by atoms with Crippen LogP contribution in [0, 0.1) is 0 Å². The zero-order valence-electron chi connectivity index (χ0n) is 9.42. The Bertz CT molecular complexity index is 161. The van der Waals surface area contributed by atoms with Crippen molar-refractivity contribution < 1.29 is 14.3 Å². The molecular weight excluding hydrogens is 218 g/mol.